The molecule has 2 N–H and O–H groups in total. The van der Waals surface area contributed by atoms with Crippen molar-refractivity contribution in [1.29, 1.82) is 0 Å². The second-order valence-electron chi connectivity index (χ2n) is 3.24. The van der Waals surface area contributed by atoms with Crippen LogP contribution in [0.3, 0.4) is 0 Å². The van der Waals surface area contributed by atoms with Crippen LogP contribution < -0.4 is 0 Å². The highest BCUT2D eigenvalue weighted by Gasteiger charge is 2.30. The monoisotopic (exact) mass is 221 g/mol. The quantitative estimate of drug-likeness (QED) is 0.796. The summed E-state index contributed by atoms with van der Waals surface area (Å²) in [5.74, 6) is -2.42. The Labute approximate surface area is 89.4 Å². The van der Waals surface area contributed by atoms with E-state index in [1.165, 1.54) is 19.2 Å². The smallest absolute Gasteiger partial charge is 0.339 e. The predicted molar refractivity (Wildman–Crippen MR) is 51.8 cm³/mol. The standard InChI is InChI=1S/C10H7NO5/c1-4-6(9(12)13)5-2-3-11-16-8(5)7(4)10(14)15/h2-3H,1H3,(H,12,13)(H,14,15). The van der Waals surface area contributed by atoms with Crippen LogP contribution in [0.5, 0.6) is 0 Å². The fraction of sp³-hybridized carbons (Fsp3) is 0.100. The summed E-state index contributed by atoms with van der Waals surface area (Å²) in [6, 6.07) is 1.42. The van der Waals surface area contributed by atoms with Gasteiger partial charge in [0.15, 0.2) is 5.76 Å². The van der Waals surface area contributed by atoms with Crippen molar-refractivity contribution in [3.05, 3.63) is 29.0 Å². The maximum Gasteiger partial charge on any atom is 0.339 e. The lowest BCUT2D eigenvalue weighted by molar-refractivity contribution is 0.0691. The zero-order chi connectivity index (χ0) is 11.9. The van der Waals surface area contributed by atoms with Crippen LogP contribution in [0.25, 0.3) is 11.3 Å². The third-order valence-corrected chi connectivity index (χ3v) is 2.36. The van der Waals surface area contributed by atoms with Crippen LogP contribution in [0.15, 0.2) is 16.8 Å². The number of hydrogen-bond donors (Lipinski definition) is 2. The van der Waals surface area contributed by atoms with Crippen molar-refractivity contribution in [2.24, 2.45) is 0 Å². The van der Waals surface area contributed by atoms with Gasteiger partial charge >= 0.3 is 11.9 Å². The van der Waals surface area contributed by atoms with Gasteiger partial charge in [0.1, 0.15) is 5.56 Å². The highest BCUT2D eigenvalue weighted by molar-refractivity contribution is 6.07. The summed E-state index contributed by atoms with van der Waals surface area (Å²) in [7, 11) is 0. The SMILES string of the molecule is Cc1c(C(=O)O)c2ccnoc-2c1C(=O)O. The van der Waals surface area contributed by atoms with E-state index < -0.39 is 11.9 Å². The fourth-order valence-electron chi connectivity index (χ4n) is 1.72. The summed E-state index contributed by atoms with van der Waals surface area (Å²) in [5, 5.41) is 21.4. The highest BCUT2D eigenvalue weighted by Crippen LogP contribution is 2.35. The van der Waals surface area contributed by atoms with Gasteiger partial charge in [0.2, 0.25) is 0 Å². The second kappa shape index (κ2) is 3.34. The van der Waals surface area contributed by atoms with E-state index in [-0.39, 0.29) is 28.0 Å². The Bertz CT molecular complexity index is 509. The van der Waals surface area contributed by atoms with Gasteiger partial charge < -0.3 is 14.7 Å². The van der Waals surface area contributed by atoms with Crippen molar-refractivity contribution in [1.82, 2.24) is 5.16 Å². The Balaban J connectivity index is 2.88. The summed E-state index contributed by atoms with van der Waals surface area (Å²) in [6.45, 7) is 1.43. The first-order valence-electron chi connectivity index (χ1n) is 4.37. The van der Waals surface area contributed by atoms with E-state index in [4.69, 9.17) is 14.7 Å². The van der Waals surface area contributed by atoms with Crippen molar-refractivity contribution in [3.63, 3.8) is 0 Å². The predicted octanol–water partition coefficient (Wildman–Crippen LogP) is 1.48. The number of carboxylic acids is 2. The van der Waals surface area contributed by atoms with Gasteiger partial charge in [-0.05, 0) is 18.6 Å². The van der Waals surface area contributed by atoms with Gasteiger partial charge in [0.25, 0.3) is 0 Å². The van der Waals surface area contributed by atoms with Gasteiger partial charge in [-0.25, -0.2) is 9.59 Å². The lowest BCUT2D eigenvalue weighted by Crippen LogP contribution is -2.00. The topological polar surface area (TPSA) is 101 Å². The molecule has 1 aliphatic heterocycles. The summed E-state index contributed by atoms with van der Waals surface area (Å²) in [4.78, 5) is 22.0. The Morgan fingerprint density at radius 1 is 1.25 bits per heavy atom. The van der Waals surface area contributed by atoms with Crippen LogP contribution in [0.1, 0.15) is 26.3 Å². The molecule has 0 saturated carbocycles. The minimum atomic E-state index is -1.23. The largest absolute Gasteiger partial charge is 0.478 e. The Kier molecular flexibility index (Phi) is 2.12. The summed E-state index contributed by atoms with van der Waals surface area (Å²) >= 11 is 0. The molecule has 1 heterocycles. The molecule has 0 aromatic carbocycles. The van der Waals surface area contributed by atoms with Crippen LogP contribution in [0.2, 0.25) is 0 Å². The summed E-state index contributed by atoms with van der Waals surface area (Å²) in [6.07, 6.45) is 1.28. The molecule has 1 aliphatic carbocycles. The van der Waals surface area contributed by atoms with E-state index in [0.29, 0.717) is 0 Å². The van der Waals surface area contributed by atoms with E-state index in [9.17, 15) is 9.59 Å². The number of aromatic carboxylic acids is 2. The molecule has 0 spiro atoms. The van der Waals surface area contributed by atoms with E-state index >= 15 is 0 Å². The Morgan fingerprint density at radius 3 is 2.44 bits per heavy atom. The van der Waals surface area contributed by atoms with E-state index in [2.05, 4.69) is 5.16 Å². The lowest BCUT2D eigenvalue weighted by atomic mass is 10.1. The zero-order valence-electron chi connectivity index (χ0n) is 8.22. The number of carbonyl (C=O) groups is 2. The third-order valence-electron chi connectivity index (χ3n) is 2.36. The highest BCUT2D eigenvalue weighted by atomic mass is 16.5. The average Bonchev–Trinajstić information content (AvgIpc) is 2.49. The normalized spacial score (nSPS) is 10.6. The van der Waals surface area contributed by atoms with Gasteiger partial charge in [-0.2, -0.15) is 0 Å². The van der Waals surface area contributed by atoms with Crippen molar-refractivity contribution >= 4 is 11.9 Å². The molecule has 6 heteroatoms. The Hall–Kier alpha value is -2.37. The molecule has 82 valence electrons. The molecule has 2 rings (SSSR count). The molecule has 0 amide bonds. The molecule has 0 saturated heterocycles. The van der Waals surface area contributed by atoms with E-state index in [1.54, 1.807) is 0 Å². The summed E-state index contributed by atoms with van der Waals surface area (Å²) < 4.78 is 4.82. The number of rotatable bonds is 2. The third kappa shape index (κ3) is 1.23. The van der Waals surface area contributed by atoms with Crippen molar-refractivity contribution in [2.75, 3.05) is 0 Å². The van der Waals surface area contributed by atoms with E-state index in [1.807, 2.05) is 0 Å². The summed E-state index contributed by atoms with van der Waals surface area (Å²) in [5.41, 5.74) is 0.211. The molecule has 0 atom stereocenters. The molecular weight excluding hydrogens is 214 g/mol. The molecule has 6 nitrogen and oxygen atoms in total. The van der Waals surface area contributed by atoms with Crippen LogP contribution in [-0.2, 0) is 0 Å². The van der Waals surface area contributed by atoms with E-state index in [0.717, 1.165) is 0 Å². The van der Waals surface area contributed by atoms with Crippen molar-refractivity contribution < 1.29 is 24.3 Å². The molecular formula is C10H7NO5. The van der Waals surface area contributed by atoms with Gasteiger partial charge in [-0.15, -0.1) is 0 Å². The van der Waals surface area contributed by atoms with Crippen molar-refractivity contribution in [3.8, 4) is 11.3 Å². The zero-order valence-corrected chi connectivity index (χ0v) is 8.22. The number of nitrogens with zero attached hydrogens (tertiary/aromatic N) is 1. The maximum atomic E-state index is 11.0. The molecule has 0 aromatic rings. The van der Waals surface area contributed by atoms with Crippen LogP contribution in [0, 0.1) is 6.92 Å². The van der Waals surface area contributed by atoms with Gasteiger partial charge in [0.05, 0.1) is 11.8 Å². The Morgan fingerprint density at radius 2 is 1.88 bits per heavy atom. The van der Waals surface area contributed by atoms with Gasteiger partial charge in [-0.3, -0.25) is 0 Å². The van der Waals surface area contributed by atoms with Crippen molar-refractivity contribution in [2.45, 2.75) is 6.92 Å². The van der Waals surface area contributed by atoms with Crippen LogP contribution in [0.4, 0.5) is 0 Å². The van der Waals surface area contributed by atoms with Crippen LogP contribution >= 0.6 is 0 Å². The molecule has 0 fully saturated rings. The molecule has 0 radical (unpaired) electrons. The molecule has 0 bridgehead atoms. The maximum absolute atomic E-state index is 11.0. The first kappa shape index (κ1) is 10.2. The average molecular weight is 221 g/mol. The molecule has 16 heavy (non-hydrogen) atoms. The van der Waals surface area contributed by atoms with Gasteiger partial charge in [-0.1, -0.05) is 5.16 Å². The fourth-order valence-corrected chi connectivity index (χ4v) is 1.72. The molecule has 0 aromatic heterocycles. The second-order valence-corrected chi connectivity index (χ2v) is 3.24. The molecule has 2 aliphatic rings. The number of aromatic nitrogens is 1. The number of carboxylic acid groups (broad SMARTS) is 2. The van der Waals surface area contributed by atoms with Crippen LogP contribution in [-0.4, -0.2) is 27.3 Å². The first-order valence-corrected chi connectivity index (χ1v) is 4.37. The number of fused-ring (bicyclic) bond motifs is 1. The number of hydrogen-bond acceptors (Lipinski definition) is 4. The molecule has 0 unspecified atom stereocenters. The first-order chi connectivity index (χ1) is 7.54. The van der Waals surface area contributed by atoms with Gasteiger partial charge in [0, 0.05) is 5.56 Å². The minimum absolute atomic E-state index is 0.00935. The minimum Gasteiger partial charge on any atom is -0.478 e. The lowest BCUT2D eigenvalue weighted by Gasteiger charge is -1.97.